The lowest BCUT2D eigenvalue weighted by Crippen LogP contribution is -2.06. The molecule has 90 valence electrons. The van der Waals surface area contributed by atoms with Gasteiger partial charge >= 0.3 is 6.18 Å². The van der Waals surface area contributed by atoms with Gasteiger partial charge in [0.2, 0.25) is 0 Å². The highest BCUT2D eigenvalue weighted by atomic mass is 79.9. The Morgan fingerprint density at radius 3 is 2.53 bits per heavy atom. The Hall–Kier alpha value is -0.880. The minimum Gasteiger partial charge on any atom is -0.248 e. The Balaban J connectivity index is 2.52. The molecule has 0 unspecified atom stereocenters. The van der Waals surface area contributed by atoms with Crippen LogP contribution in [0.4, 0.5) is 13.2 Å². The van der Waals surface area contributed by atoms with Gasteiger partial charge in [-0.15, -0.1) is 11.3 Å². The normalized spacial score (nSPS) is 11.8. The molecular formula is C11H7BrF3NS. The second-order valence-corrected chi connectivity index (χ2v) is 4.97. The van der Waals surface area contributed by atoms with E-state index in [1.165, 1.54) is 29.7 Å². The van der Waals surface area contributed by atoms with E-state index in [0.717, 1.165) is 11.1 Å². The van der Waals surface area contributed by atoms with Gasteiger partial charge < -0.3 is 0 Å². The largest absolute Gasteiger partial charge is 0.417 e. The molecule has 2 aromatic rings. The summed E-state index contributed by atoms with van der Waals surface area (Å²) in [6.45, 7) is 0. The number of halogens is 4. The molecule has 1 nitrogen and oxygen atoms in total. The molecule has 0 saturated heterocycles. The van der Waals surface area contributed by atoms with Crippen molar-refractivity contribution in [3.63, 3.8) is 0 Å². The summed E-state index contributed by atoms with van der Waals surface area (Å²) in [5, 5.41) is 1.31. The summed E-state index contributed by atoms with van der Waals surface area (Å²) in [6.07, 6.45) is -2.86. The molecule has 17 heavy (non-hydrogen) atoms. The van der Waals surface area contributed by atoms with Crippen LogP contribution in [0.25, 0.3) is 10.4 Å². The van der Waals surface area contributed by atoms with Gasteiger partial charge in [-0.2, -0.15) is 13.2 Å². The molecule has 1 aromatic carbocycles. The van der Waals surface area contributed by atoms with Gasteiger partial charge in [-0.1, -0.05) is 34.1 Å². The van der Waals surface area contributed by atoms with Gasteiger partial charge in [0.05, 0.1) is 15.8 Å². The molecule has 0 spiro atoms. The topological polar surface area (TPSA) is 12.9 Å². The van der Waals surface area contributed by atoms with Crippen LogP contribution in [-0.2, 0) is 11.5 Å². The van der Waals surface area contributed by atoms with Gasteiger partial charge in [-0.25, -0.2) is 4.98 Å². The summed E-state index contributed by atoms with van der Waals surface area (Å²) in [5.41, 5.74) is -0.436. The van der Waals surface area contributed by atoms with Crippen molar-refractivity contribution in [2.75, 3.05) is 0 Å². The zero-order chi connectivity index (χ0) is 12.5. The van der Waals surface area contributed by atoms with Crippen molar-refractivity contribution in [3.8, 4) is 10.4 Å². The van der Waals surface area contributed by atoms with E-state index in [0.29, 0.717) is 10.2 Å². The molecule has 1 aromatic heterocycles. The smallest absolute Gasteiger partial charge is 0.248 e. The van der Waals surface area contributed by atoms with Crippen LogP contribution in [0.3, 0.4) is 0 Å². The number of hydrogen-bond acceptors (Lipinski definition) is 2. The molecule has 2 rings (SSSR count). The number of rotatable bonds is 2. The summed E-state index contributed by atoms with van der Waals surface area (Å²) in [4.78, 5) is 4.57. The first-order valence-corrected chi connectivity index (χ1v) is 6.63. The molecule has 0 aliphatic carbocycles. The first kappa shape index (κ1) is 12.6. The molecule has 0 saturated carbocycles. The van der Waals surface area contributed by atoms with Crippen molar-refractivity contribution in [2.45, 2.75) is 11.5 Å². The predicted molar refractivity (Wildman–Crippen MR) is 65.2 cm³/mol. The van der Waals surface area contributed by atoms with Crippen LogP contribution in [0.1, 0.15) is 10.6 Å². The van der Waals surface area contributed by atoms with Crippen LogP contribution in [0.2, 0.25) is 0 Å². The van der Waals surface area contributed by atoms with Gasteiger partial charge in [0.25, 0.3) is 0 Å². The maximum atomic E-state index is 12.8. The summed E-state index contributed by atoms with van der Waals surface area (Å²) < 4.78 is 38.4. The lowest BCUT2D eigenvalue weighted by atomic mass is 10.1. The molecule has 0 bridgehead atoms. The zero-order valence-electron chi connectivity index (χ0n) is 8.46. The maximum absolute atomic E-state index is 12.8. The minimum atomic E-state index is -4.34. The number of nitrogens with zero attached hydrogens (tertiary/aromatic N) is 1. The Morgan fingerprint density at radius 2 is 1.94 bits per heavy atom. The summed E-state index contributed by atoms with van der Waals surface area (Å²) >= 11 is 4.49. The Kier molecular flexibility index (Phi) is 3.53. The second kappa shape index (κ2) is 4.78. The molecule has 0 fully saturated rings. The Bertz CT molecular complexity index is 521. The van der Waals surface area contributed by atoms with Crippen LogP contribution >= 0.6 is 27.3 Å². The van der Waals surface area contributed by atoms with E-state index in [1.54, 1.807) is 6.07 Å². The molecule has 0 N–H and O–H groups in total. The van der Waals surface area contributed by atoms with Crippen LogP contribution in [0.5, 0.6) is 0 Å². The number of alkyl halides is 4. The minimum absolute atomic E-state index is 0.185. The molecular weight excluding hydrogens is 315 g/mol. The van der Waals surface area contributed by atoms with E-state index in [-0.39, 0.29) is 5.56 Å². The fourth-order valence-electron chi connectivity index (χ4n) is 1.44. The predicted octanol–water partition coefficient (Wildman–Crippen LogP) is 4.72. The Labute approximate surface area is 108 Å². The van der Waals surface area contributed by atoms with E-state index in [9.17, 15) is 13.2 Å². The number of hydrogen-bond donors (Lipinski definition) is 0. The van der Waals surface area contributed by atoms with Gasteiger partial charge in [0, 0.05) is 11.8 Å². The quantitative estimate of drug-likeness (QED) is 0.729. The van der Waals surface area contributed by atoms with E-state index >= 15 is 0 Å². The van der Waals surface area contributed by atoms with Gasteiger partial charge in [-0.05, 0) is 6.07 Å². The first-order chi connectivity index (χ1) is 8.02. The van der Waals surface area contributed by atoms with Gasteiger partial charge in [0.15, 0.2) is 0 Å². The monoisotopic (exact) mass is 321 g/mol. The van der Waals surface area contributed by atoms with Crippen molar-refractivity contribution in [3.05, 3.63) is 41.0 Å². The first-order valence-electron chi connectivity index (χ1n) is 4.69. The van der Waals surface area contributed by atoms with E-state index in [2.05, 4.69) is 20.9 Å². The van der Waals surface area contributed by atoms with Crippen molar-refractivity contribution >= 4 is 27.3 Å². The van der Waals surface area contributed by atoms with Gasteiger partial charge in [0.1, 0.15) is 5.01 Å². The Morgan fingerprint density at radius 1 is 1.24 bits per heavy atom. The zero-order valence-corrected chi connectivity index (χ0v) is 10.9. The SMILES string of the molecule is FC(F)(F)c1ccccc1-c1cnc(CBr)s1. The highest BCUT2D eigenvalue weighted by Crippen LogP contribution is 2.38. The van der Waals surface area contributed by atoms with E-state index in [4.69, 9.17) is 0 Å². The number of benzene rings is 1. The average molecular weight is 322 g/mol. The standard InChI is InChI=1S/C11H7BrF3NS/c12-5-10-16-6-9(17-10)7-3-1-2-4-8(7)11(13,14)15/h1-4,6H,5H2. The van der Waals surface area contributed by atoms with Gasteiger partial charge in [-0.3, -0.25) is 0 Å². The van der Waals surface area contributed by atoms with Crippen molar-refractivity contribution < 1.29 is 13.2 Å². The lowest BCUT2D eigenvalue weighted by molar-refractivity contribution is -0.137. The van der Waals surface area contributed by atoms with Crippen molar-refractivity contribution in [2.24, 2.45) is 0 Å². The van der Waals surface area contributed by atoms with Crippen LogP contribution in [0.15, 0.2) is 30.5 Å². The molecule has 6 heteroatoms. The third-order valence-electron chi connectivity index (χ3n) is 2.17. The maximum Gasteiger partial charge on any atom is 0.417 e. The summed E-state index contributed by atoms with van der Waals surface area (Å²) in [5.74, 6) is 0. The molecule has 0 aliphatic rings. The molecule has 0 amide bonds. The second-order valence-electron chi connectivity index (χ2n) is 3.30. The highest BCUT2D eigenvalue weighted by molar-refractivity contribution is 9.08. The summed E-state index contributed by atoms with van der Waals surface area (Å²) in [7, 11) is 0. The lowest BCUT2D eigenvalue weighted by Gasteiger charge is -2.10. The van der Waals surface area contributed by atoms with E-state index < -0.39 is 11.7 Å². The van der Waals surface area contributed by atoms with Crippen LogP contribution < -0.4 is 0 Å². The molecule has 1 heterocycles. The average Bonchev–Trinajstić information content (AvgIpc) is 2.76. The molecule has 0 atom stereocenters. The fraction of sp³-hybridized carbons (Fsp3) is 0.182. The number of aromatic nitrogens is 1. The molecule has 0 aliphatic heterocycles. The highest BCUT2D eigenvalue weighted by Gasteiger charge is 2.33. The van der Waals surface area contributed by atoms with Crippen LogP contribution in [0, 0.1) is 0 Å². The number of thiazole rings is 1. The molecule has 0 radical (unpaired) electrons. The third kappa shape index (κ3) is 2.69. The fourth-order valence-corrected chi connectivity index (χ4v) is 2.74. The third-order valence-corrected chi connectivity index (χ3v) is 4.10. The van der Waals surface area contributed by atoms with Crippen molar-refractivity contribution in [1.82, 2.24) is 4.98 Å². The van der Waals surface area contributed by atoms with E-state index in [1.807, 2.05) is 0 Å². The van der Waals surface area contributed by atoms with Crippen LogP contribution in [-0.4, -0.2) is 4.98 Å². The summed E-state index contributed by atoms with van der Waals surface area (Å²) in [6, 6.07) is 5.54. The van der Waals surface area contributed by atoms with Crippen molar-refractivity contribution in [1.29, 1.82) is 0 Å².